The molecule has 208 valence electrons. The van der Waals surface area contributed by atoms with Crippen LogP contribution in [0.3, 0.4) is 0 Å². The van der Waals surface area contributed by atoms with E-state index in [2.05, 4.69) is 10.6 Å². The minimum Gasteiger partial charge on any atom is -0.352 e. The van der Waals surface area contributed by atoms with E-state index in [0.29, 0.717) is 41.9 Å². The molecule has 0 spiro atoms. The third-order valence-corrected chi connectivity index (χ3v) is 8.91. The van der Waals surface area contributed by atoms with Crippen LogP contribution in [-0.2, 0) is 9.59 Å². The Morgan fingerprint density at radius 1 is 0.974 bits per heavy atom. The summed E-state index contributed by atoms with van der Waals surface area (Å²) in [5.74, 6) is 0.679. The fraction of sp³-hybridized carbons (Fsp3) is 0.531. The van der Waals surface area contributed by atoms with Crippen molar-refractivity contribution in [1.82, 2.24) is 5.32 Å². The van der Waals surface area contributed by atoms with Gasteiger partial charge >= 0.3 is 0 Å². The molecule has 7 nitrogen and oxygen atoms in total. The predicted molar refractivity (Wildman–Crippen MR) is 155 cm³/mol. The Bertz CT molecular complexity index is 1190. The molecule has 2 fully saturated rings. The molecule has 0 aromatic heterocycles. The summed E-state index contributed by atoms with van der Waals surface area (Å²) in [4.78, 5) is 42.2. The summed E-state index contributed by atoms with van der Waals surface area (Å²) in [6.07, 6.45) is 9.66. The second-order valence-corrected chi connectivity index (χ2v) is 11.8. The monoisotopic (exact) mass is 530 g/mol. The van der Waals surface area contributed by atoms with Crippen LogP contribution in [0.4, 0.5) is 11.4 Å². The summed E-state index contributed by atoms with van der Waals surface area (Å²) in [5.41, 5.74) is 9.63. The summed E-state index contributed by atoms with van der Waals surface area (Å²) >= 11 is 0. The van der Waals surface area contributed by atoms with Gasteiger partial charge < -0.3 is 21.3 Å². The van der Waals surface area contributed by atoms with E-state index in [0.717, 1.165) is 62.5 Å². The average Bonchev–Trinajstić information content (AvgIpc) is 3.11. The summed E-state index contributed by atoms with van der Waals surface area (Å²) in [6.45, 7) is 3.36. The van der Waals surface area contributed by atoms with Crippen LogP contribution in [0.2, 0.25) is 0 Å². The number of nitrogens with two attached hydrogens (primary N) is 1. The second-order valence-electron chi connectivity index (χ2n) is 11.8. The van der Waals surface area contributed by atoms with Gasteiger partial charge in [0.1, 0.15) is 0 Å². The van der Waals surface area contributed by atoms with E-state index in [4.69, 9.17) is 5.73 Å². The third kappa shape index (κ3) is 6.35. The molecule has 4 N–H and O–H groups in total. The number of carbonyl (C=O) groups excluding carboxylic acids is 3. The normalized spacial score (nSPS) is 23.9. The highest BCUT2D eigenvalue weighted by Crippen LogP contribution is 2.41. The highest BCUT2D eigenvalue weighted by molar-refractivity contribution is 6.07. The molecular weight excluding hydrogens is 488 g/mol. The maximum atomic E-state index is 14.1. The summed E-state index contributed by atoms with van der Waals surface area (Å²) < 4.78 is 0. The first-order valence-corrected chi connectivity index (χ1v) is 14.7. The first-order valence-electron chi connectivity index (χ1n) is 14.7. The zero-order valence-corrected chi connectivity index (χ0v) is 23.1. The maximum absolute atomic E-state index is 14.1. The smallest absolute Gasteiger partial charge is 0.251 e. The number of rotatable bonds is 6. The van der Waals surface area contributed by atoms with Crippen LogP contribution in [0.1, 0.15) is 91.7 Å². The summed E-state index contributed by atoms with van der Waals surface area (Å²) in [6, 6.07) is 13.0. The summed E-state index contributed by atoms with van der Waals surface area (Å²) in [7, 11) is 0. The molecule has 3 aliphatic rings. The SMILES string of the molecule is Cc1ccc(C2CC(=O)Nc3cc(C(=O)NCC4CCCC(CN)C4)ccc3N2C(=O)C2CCCCC2)cc1. The Kier molecular flexibility index (Phi) is 8.66. The molecular formula is C32H42N4O3. The van der Waals surface area contributed by atoms with Gasteiger partial charge in [0.2, 0.25) is 11.8 Å². The van der Waals surface area contributed by atoms with E-state index < -0.39 is 6.04 Å². The van der Waals surface area contributed by atoms with Crippen molar-refractivity contribution in [1.29, 1.82) is 0 Å². The Hall–Kier alpha value is -3.19. The van der Waals surface area contributed by atoms with Crippen molar-refractivity contribution in [2.24, 2.45) is 23.5 Å². The first kappa shape index (κ1) is 27.4. The highest BCUT2D eigenvalue weighted by Gasteiger charge is 2.37. The van der Waals surface area contributed by atoms with E-state index >= 15 is 0 Å². The van der Waals surface area contributed by atoms with Gasteiger partial charge in [0.25, 0.3) is 5.91 Å². The number of nitrogens with one attached hydrogen (secondary N) is 2. The van der Waals surface area contributed by atoms with Gasteiger partial charge in [-0.05, 0) is 81.2 Å². The molecule has 0 saturated heterocycles. The number of nitrogens with zero attached hydrogens (tertiary/aromatic N) is 1. The molecule has 0 bridgehead atoms. The number of fused-ring (bicyclic) bond motifs is 1. The fourth-order valence-electron chi connectivity index (χ4n) is 6.64. The number of anilines is 2. The van der Waals surface area contributed by atoms with Crippen molar-refractivity contribution >= 4 is 29.1 Å². The van der Waals surface area contributed by atoms with Gasteiger partial charge in [0.15, 0.2) is 0 Å². The van der Waals surface area contributed by atoms with Gasteiger partial charge in [0.05, 0.1) is 23.8 Å². The molecule has 1 aliphatic heterocycles. The molecule has 5 rings (SSSR count). The van der Waals surface area contributed by atoms with Gasteiger partial charge in [-0.3, -0.25) is 14.4 Å². The Labute approximate surface area is 231 Å². The largest absolute Gasteiger partial charge is 0.352 e. The van der Waals surface area contributed by atoms with Gasteiger partial charge in [-0.1, -0.05) is 55.5 Å². The maximum Gasteiger partial charge on any atom is 0.251 e. The zero-order chi connectivity index (χ0) is 27.4. The molecule has 7 heteroatoms. The molecule has 3 unspecified atom stereocenters. The highest BCUT2D eigenvalue weighted by atomic mass is 16.2. The Morgan fingerprint density at radius 2 is 1.72 bits per heavy atom. The summed E-state index contributed by atoms with van der Waals surface area (Å²) in [5, 5.41) is 6.11. The number of carbonyl (C=O) groups is 3. The molecule has 2 saturated carbocycles. The number of hydrogen-bond donors (Lipinski definition) is 3. The van der Waals surface area contributed by atoms with Crippen LogP contribution in [0.25, 0.3) is 0 Å². The zero-order valence-electron chi connectivity index (χ0n) is 23.1. The van der Waals surface area contributed by atoms with E-state index in [-0.39, 0.29) is 30.1 Å². The number of amides is 3. The molecule has 39 heavy (non-hydrogen) atoms. The minimum absolute atomic E-state index is 0.0523. The minimum atomic E-state index is -0.400. The average molecular weight is 531 g/mol. The third-order valence-electron chi connectivity index (χ3n) is 8.91. The van der Waals surface area contributed by atoms with Gasteiger partial charge in [-0.25, -0.2) is 0 Å². The van der Waals surface area contributed by atoms with Crippen LogP contribution in [0, 0.1) is 24.7 Å². The van der Waals surface area contributed by atoms with Gasteiger partial charge in [-0.2, -0.15) is 0 Å². The van der Waals surface area contributed by atoms with Crippen molar-refractivity contribution in [3.8, 4) is 0 Å². The van der Waals surface area contributed by atoms with E-state index in [1.54, 1.807) is 12.1 Å². The first-order chi connectivity index (χ1) is 18.9. The quantitative estimate of drug-likeness (QED) is 0.460. The second kappa shape index (κ2) is 12.3. The molecule has 2 aliphatic carbocycles. The van der Waals surface area contributed by atoms with Crippen LogP contribution in [-0.4, -0.2) is 30.8 Å². The van der Waals surface area contributed by atoms with Gasteiger partial charge in [0, 0.05) is 18.0 Å². The van der Waals surface area contributed by atoms with Crippen molar-refractivity contribution in [2.75, 3.05) is 23.3 Å². The molecule has 3 atom stereocenters. The lowest BCUT2D eigenvalue weighted by Crippen LogP contribution is -2.40. The van der Waals surface area contributed by atoms with Crippen molar-refractivity contribution < 1.29 is 14.4 Å². The van der Waals surface area contributed by atoms with Crippen molar-refractivity contribution in [3.63, 3.8) is 0 Å². The van der Waals surface area contributed by atoms with E-state index in [1.807, 2.05) is 42.2 Å². The van der Waals surface area contributed by atoms with E-state index in [9.17, 15) is 14.4 Å². The predicted octanol–water partition coefficient (Wildman–Crippen LogP) is 5.49. The van der Waals surface area contributed by atoms with Gasteiger partial charge in [-0.15, -0.1) is 0 Å². The van der Waals surface area contributed by atoms with Crippen LogP contribution in [0.15, 0.2) is 42.5 Å². The van der Waals surface area contributed by atoms with Crippen molar-refractivity contribution in [2.45, 2.75) is 77.2 Å². The van der Waals surface area contributed by atoms with E-state index in [1.165, 1.54) is 6.42 Å². The number of aryl methyl sites for hydroxylation is 1. The Morgan fingerprint density at radius 3 is 2.46 bits per heavy atom. The molecule has 3 amide bonds. The van der Waals surface area contributed by atoms with Crippen molar-refractivity contribution in [3.05, 3.63) is 59.2 Å². The standard InChI is InChI=1S/C32H42N4O3/c1-21-10-12-24(13-11-21)29-18-30(37)35-27-17-26(31(38)34-20-23-7-5-6-22(16-23)19-33)14-15-28(27)36(29)32(39)25-8-3-2-4-9-25/h10-15,17,22-23,25,29H,2-9,16,18-20,33H2,1H3,(H,34,38)(H,35,37). The fourth-order valence-corrected chi connectivity index (χ4v) is 6.64. The van der Waals surface area contributed by atoms with Crippen LogP contribution < -0.4 is 21.3 Å². The number of hydrogen-bond acceptors (Lipinski definition) is 4. The van der Waals surface area contributed by atoms with Crippen LogP contribution >= 0.6 is 0 Å². The molecule has 1 heterocycles. The molecule has 0 radical (unpaired) electrons. The molecule has 2 aromatic carbocycles. The Balaban J connectivity index is 1.42. The molecule has 2 aromatic rings. The topological polar surface area (TPSA) is 105 Å². The van der Waals surface area contributed by atoms with Crippen LogP contribution in [0.5, 0.6) is 0 Å². The lowest BCUT2D eigenvalue weighted by Gasteiger charge is -2.35. The lowest BCUT2D eigenvalue weighted by molar-refractivity contribution is -0.124. The number of benzene rings is 2. The lowest BCUT2D eigenvalue weighted by atomic mass is 9.81.